The van der Waals surface area contributed by atoms with Gasteiger partial charge in [0.25, 0.3) is 0 Å². The standard InChI is InChI=1S/C20H24N4O2/c1-22-12-16(11-21-22)24-9-4-7-18(19(24)25)23-10-8-20(14-23)17-6-3-2-5-15(17)13-26-20/h2-3,5-6,11-12,18H,4,7-10,13-14H2,1H3. The number of hydrogen-bond acceptors (Lipinski definition) is 4. The van der Waals surface area contributed by atoms with Gasteiger partial charge in [0.05, 0.1) is 24.5 Å². The van der Waals surface area contributed by atoms with Gasteiger partial charge >= 0.3 is 0 Å². The number of carbonyl (C=O) groups is 1. The number of rotatable bonds is 2. The minimum absolute atomic E-state index is 0.0558. The molecule has 26 heavy (non-hydrogen) atoms. The van der Waals surface area contributed by atoms with Gasteiger partial charge in [-0.05, 0) is 30.4 Å². The normalized spacial score (nSPS) is 28.9. The molecule has 1 spiro atoms. The van der Waals surface area contributed by atoms with Gasteiger partial charge in [-0.1, -0.05) is 24.3 Å². The average Bonchev–Trinajstić information content (AvgIpc) is 3.36. The highest BCUT2D eigenvalue weighted by Crippen LogP contribution is 2.44. The Morgan fingerprint density at radius 2 is 2.15 bits per heavy atom. The van der Waals surface area contributed by atoms with Gasteiger partial charge in [-0.25, -0.2) is 0 Å². The molecule has 6 heteroatoms. The van der Waals surface area contributed by atoms with Crippen molar-refractivity contribution in [1.29, 1.82) is 0 Å². The predicted octanol–water partition coefficient (Wildman–Crippen LogP) is 2.05. The van der Waals surface area contributed by atoms with Crippen molar-refractivity contribution in [3.63, 3.8) is 0 Å². The number of hydrogen-bond donors (Lipinski definition) is 0. The number of likely N-dealkylation sites (tertiary alicyclic amines) is 1. The molecule has 0 radical (unpaired) electrons. The Morgan fingerprint density at radius 1 is 1.27 bits per heavy atom. The molecule has 3 aliphatic rings. The maximum Gasteiger partial charge on any atom is 0.244 e. The van der Waals surface area contributed by atoms with Gasteiger partial charge in [0.15, 0.2) is 0 Å². The monoisotopic (exact) mass is 352 g/mol. The molecule has 0 bridgehead atoms. The molecule has 6 nitrogen and oxygen atoms in total. The number of anilines is 1. The SMILES string of the molecule is Cn1cc(N2CCCC(N3CCC4(C3)OCc3ccccc34)C2=O)cn1. The van der Waals surface area contributed by atoms with E-state index in [0.29, 0.717) is 6.61 Å². The summed E-state index contributed by atoms with van der Waals surface area (Å²) in [6.07, 6.45) is 6.60. The molecule has 2 atom stereocenters. The molecule has 2 unspecified atom stereocenters. The Balaban J connectivity index is 1.37. The fraction of sp³-hybridized carbons (Fsp3) is 0.500. The van der Waals surface area contributed by atoms with Crippen LogP contribution in [0.3, 0.4) is 0 Å². The first-order valence-corrected chi connectivity index (χ1v) is 9.43. The van der Waals surface area contributed by atoms with Gasteiger partial charge in [-0.15, -0.1) is 0 Å². The second-order valence-corrected chi connectivity index (χ2v) is 7.68. The summed E-state index contributed by atoms with van der Waals surface area (Å²) in [6, 6.07) is 8.46. The number of nitrogens with zero attached hydrogens (tertiary/aromatic N) is 4. The van der Waals surface area contributed by atoms with Crippen LogP contribution >= 0.6 is 0 Å². The van der Waals surface area contributed by atoms with Crippen LogP contribution in [-0.4, -0.2) is 46.3 Å². The number of fused-ring (bicyclic) bond motifs is 2. The zero-order valence-electron chi connectivity index (χ0n) is 15.1. The lowest BCUT2D eigenvalue weighted by Crippen LogP contribution is -2.52. The van der Waals surface area contributed by atoms with Crippen LogP contribution in [0.15, 0.2) is 36.7 Å². The second kappa shape index (κ2) is 5.93. The quantitative estimate of drug-likeness (QED) is 0.830. The number of amides is 1. The summed E-state index contributed by atoms with van der Waals surface area (Å²) in [7, 11) is 1.88. The second-order valence-electron chi connectivity index (χ2n) is 7.68. The molecule has 3 aliphatic heterocycles. The van der Waals surface area contributed by atoms with Crippen LogP contribution in [0.1, 0.15) is 30.4 Å². The van der Waals surface area contributed by atoms with Crippen molar-refractivity contribution in [2.24, 2.45) is 7.05 Å². The van der Waals surface area contributed by atoms with E-state index in [2.05, 4.69) is 34.3 Å². The highest BCUT2D eigenvalue weighted by Gasteiger charge is 2.48. The Hall–Kier alpha value is -2.18. The molecule has 2 fully saturated rings. The molecule has 1 aromatic heterocycles. The largest absolute Gasteiger partial charge is 0.364 e. The predicted molar refractivity (Wildman–Crippen MR) is 97.7 cm³/mol. The van der Waals surface area contributed by atoms with Crippen LogP contribution in [0.5, 0.6) is 0 Å². The molecule has 2 saturated heterocycles. The van der Waals surface area contributed by atoms with Gasteiger partial charge in [0.2, 0.25) is 5.91 Å². The minimum Gasteiger partial charge on any atom is -0.364 e. The number of carbonyl (C=O) groups excluding carboxylic acids is 1. The first-order valence-electron chi connectivity index (χ1n) is 9.43. The first kappa shape index (κ1) is 16.0. The van der Waals surface area contributed by atoms with E-state index in [1.54, 1.807) is 10.9 Å². The number of benzene rings is 1. The van der Waals surface area contributed by atoms with E-state index in [1.807, 2.05) is 18.1 Å². The molecule has 2 aromatic rings. The maximum absolute atomic E-state index is 13.2. The van der Waals surface area contributed by atoms with Gasteiger partial charge in [-0.2, -0.15) is 5.10 Å². The van der Waals surface area contributed by atoms with Crippen LogP contribution in [0.2, 0.25) is 0 Å². The van der Waals surface area contributed by atoms with Crippen LogP contribution in [0.25, 0.3) is 0 Å². The number of aromatic nitrogens is 2. The molecule has 1 aromatic carbocycles. The zero-order valence-corrected chi connectivity index (χ0v) is 15.1. The Morgan fingerprint density at radius 3 is 3.00 bits per heavy atom. The highest BCUT2D eigenvalue weighted by atomic mass is 16.5. The van der Waals surface area contributed by atoms with Crippen LogP contribution < -0.4 is 4.90 Å². The van der Waals surface area contributed by atoms with Crippen molar-refractivity contribution < 1.29 is 9.53 Å². The first-order chi connectivity index (χ1) is 12.7. The van der Waals surface area contributed by atoms with Crippen molar-refractivity contribution in [1.82, 2.24) is 14.7 Å². The van der Waals surface area contributed by atoms with E-state index in [0.717, 1.165) is 44.6 Å². The van der Waals surface area contributed by atoms with Crippen molar-refractivity contribution in [3.8, 4) is 0 Å². The van der Waals surface area contributed by atoms with Crippen molar-refractivity contribution >= 4 is 11.6 Å². The molecule has 136 valence electrons. The highest BCUT2D eigenvalue weighted by molar-refractivity contribution is 5.97. The molecule has 0 aliphatic carbocycles. The Bertz CT molecular complexity index is 848. The molecular formula is C20H24N4O2. The van der Waals surface area contributed by atoms with E-state index in [1.165, 1.54) is 11.1 Å². The lowest BCUT2D eigenvalue weighted by molar-refractivity contribution is -0.125. The average molecular weight is 352 g/mol. The van der Waals surface area contributed by atoms with E-state index in [-0.39, 0.29) is 17.6 Å². The third-order valence-corrected chi connectivity index (χ3v) is 6.13. The maximum atomic E-state index is 13.2. The lowest BCUT2D eigenvalue weighted by atomic mass is 9.91. The van der Waals surface area contributed by atoms with Crippen LogP contribution in [0.4, 0.5) is 5.69 Å². The van der Waals surface area contributed by atoms with Crippen molar-refractivity contribution in [3.05, 3.63) is 47.8 Å². The fourth-order valence-electron chi connectivity index (χ4n) is 4.80. The summed E-state index contributed by atoms with van der Waals surface area (Å²) >= 11 is 0. The van der Waals surface area contributed by atoms with E-state index >= 15 is 0 Å². The van der Waals surface area contributed by atoms with Gasteiger partial charge in [0, 0.05) is 32.9 Å². The fourth-order valence-corrected chi connectivity index (χ4v) is 4.80. The lowest BCUT2D eigenvalue weighted by Gasteiger charge is -2.36. The number of aryl methyl sites for hydroxylation is 1. The molecule has 4 heterocycles. The molecule has 1 amide bonds. The third kappa shape index (κ3) is 2.40. The molecular weight excluding hydrogens is 328 g/mol. The zero-order chi connectivity index (χ0) is 17.7. The van der Waals surface area contributed by atoms with Gasteiger partial charge < -0.3 is 9.64 Å². The van der Waals surface area contributed by atoms with Crippen molar-refractivity contribution in [2.75, 3.05) is 24.5 Å². The van der Waals surface area contributed by atoms with Gasteiger partial charge in [0.1, 0.15) is 5.60 Å². The summed E-state index contributed by atoms with van der Waals surface area (Å²) in [4.78, 5) is 17.4. The molecule has 0 N–H and O–H groups in total. The summed E-state index contributed by atoms with van der Waals surface area (Å²) in [6.45, 7) is 3.18. The number of ether oxygens (including phenoxy) is 1. The summed E-state index contributed by atoms with van der Waals surface area (Å²) in [5, 5.41) is 4.22. The Kier molecular flexibility index (Phi) is 3.65. The Labute approximate surface area is 153 Å². The van der Waals surface area contributed by atoms with Crippen LogP contribution in [-0.2, 0) is 28.8 Å². The van der Waals surface area contributed by atoms with E-state index < -0.39 is 0 Å². The van der Waals surface area contributed by atoms with E-state index in [9.17, 15) is 4.79 Å². The van der Waals surface area contributed by atoms with Crippen molar-refractivity contribution in [2.45, 2.75) is 37.5 Å². The topological polar surface area (TPSA) is 50.6 Å². The van der Waals surface area contributed by atoms with Crippen LogP contribution in [0, 0.1) is 0 Å². The summed E-state index contributed by atoms with van der Waals surface area (Å²) in [5.41, 5.74) is 3.28. The number of piperidine rings is 1. The molecule has 0 saturated carbocycles. The van der Waals surface area contributed by atoms with E-state index in [4.69, 9.17) is 4.74 Å². The third-order valence-electron chi connectivity index (χ3n) is 6.13. The molecule has 5 rings (SSSR count). The smallest absolute Gasteiger partial charge is 0.244 e. The van der Waals surface area contributed by atoms with Gasteiger partial charge in [-0.3, -0.25) is 14.4 Å². The summed E-state index contributed by atoms with van der Waals surface area (Å²) in [5.74, 6) is 0.201. The minimum atomic E-state index is -0.229. The summed E-state index contributed by atoms with van der Waals surface area (Å²) < 4.78 is 8.01.